The molecule has 0 bridgehead atoms. The van der Waals surface area contributed by atoms with E-state index in [1.54, 1.807) is 12.1 Å². The van der Waals surface area contributed by atoms with E-state index in [0.717, 1.165) is 29.0 Å². The Morgan fingerprint density at radius 3 is 2.55 bits per heavy atom. The molecule has 0 spiro atoms. The maximum absolute atomic E-state index is 14.3. The van der Waals surface area contributed by atoms with Crippen LogP contribution in [0.3, 0.4) is 0 Å². The third-order valence-electron chi connectivity index (χ3n) is 5.86. The minimum Gasteiger partial charge on any atom is -0.481 e. The number of carboxylic acid groups (broad SMARTS) is 1. The summed E-state index contributed by atoms with van der Waals surface area (Å²) in [6.45, 7) is 0. The molecule has 152 valence electrons. The average molecular weight is 435 g/mol. The molecule has 0 aromatic heterocycles. The second kappa shape index (κ2) is 7.26. The topological polar surface area (TPSA) is 71.4 Å². The number of benzene rings is 2. The van der Waals surface area contributed by atoms with Gasteiger partial charge in [0.1, 0.15) is 5.82 Å². The summed E-state index contributed by atoms with van der Waals surface area (Å²) >= 11 is 5.99. The number of carboxylic acids is 1. The Kier molecular flexibility index (Phi) is 5.03. The monoisotopic (exact) mass is 434 g/mol. The summed E-state index contributed by atoms with van der Waals surface area (Å²) < 4.78 is 39.3. The zero-order chi connectivity index (χ0) is 20.9. The minimum absolute atomic E-state index is 0.00469. The van der Waals surface area contributed by atoms with Crippen molar-refractivity contribution in [1.82, 2.24) is 0 Å². The lowest BCUT2D eigenvalue weighted by atomic mass is 9.82. The molecule has 2 aliphatic rings. The molecular formula is C22H20ClFO4S. The Morgan fingerprint density at radius 1 is 1.24 bits per heavy atom. The van der Waals surface area contributed by atoms with Crippen molar-refractivity contribution in [2.45, 2.75) is 36.5 Å². The molecule has 0 radical (unpaired) electrons. The van der Waals surface area contributed by atoms with Crippen LogP contribution in [-0.2, 0) is 21.1 Å². The molecular weight excluding hydrogens is 415 g/mol. The molecule has 0 fully saturated rings. The maximum Gasteiger partial charge on any atom is 0.303 e. The Morgan fingerprint density at radius 2 is 1.93 bits per heavy atom. The third-order valence-corrected chi connectivity index (χ3v) is 7.25. The molecule has 2 aromatic rings. The summed E-state index contributed by atoms with van der Waals surface area (Å²) in [4.78, 5) is 11.4. The van der Waals surface area contributed by atoms with Gasteiger partial charge in [0.2, 0.25) is 0 Å². The lowest BCUT2D eigenvalue weighted by Crippen LogP contribution is -2.16. The van der Waals surface area contributed by atoms with Crippen LogP contribution in [0.4, 0.5) is 4.39 Å². The summed E-state index contributed by atoms with van der Waals surface area (Å²) in [6.07, 6.45) is 2.88. The fourth-order valence-corrected chi connectivity index (χ4v) is 5.91. The highest BCUT2D eigenvalue weighted by atomic mass is 35.5. The second-order valence-corrected chi connectivity index (χ2v) is 10.2. The van der Waals surface area contributed by atoms with Crippen LogP contribution in [0.2, 0.25) is 5.02 Å². The highest BCUT2D eigenvalue weighted by Gasteiger charge is 2.42. The van der Waals surface area contributed by atoms with E-state index in [1.807, 2.05) is 12.1 Å². The molecule has 7 heteroatoms. The van der Waals surface area contributed by atoms with Gasteiger partial charge in [0, 0.05) is 17.2 Å². The van der Waals surface area contributed by atoms with Crippen molar-refractivity contribution in [2.24, 2.45) is 5.92 Å². The predicted octanol–water partition coefficient (Wildman–Crippen LogP) is 4.86. The van der Waals surface area contributed by atoms with E-state index >= 15 is 0 Å². The van der Waals surface area contributed by atoms with Gasteiger partial charge in [-0.1, -0.05) is 29.3 Å². The molecule has 0 saturated carbocycles. The fraction of sp³-hybridized carbons (Fsp3) is 0.318. The Bertz CT molecular complexity index is 1140. The van der Waals surface area contributed by atoms with Crippen molar-refractivity contribution in [3.05, 3.63) is 69.5 Å². The number of sulfone groups is 1. The van der Waals surface area contributed by atoms with Gasteiger partial charge in [0.05, 0.1) is 11.3 Å². The van der Waals surface area contributed by atoms with Gasteiger partial charge in [-0.3, -0.25) is 4.79 Å². The highest BCUT2D eigenvalue weighted by Crippen LogP contribution is 2.56. The first kappa shape index (κ1) is 20.1. The SMILES string of the molecule is CS(=O)(=O)c1cc(F)cc2c1C(Cc1ccc(Cl)cc1)C1=C2CC[C@@H]1CC(=O)O. The van der Waals surface area contributed by atoms with Crippen LogP contribution in [0, 0.1) is 11.7 Å². The first-order valence-corrected chi connectivity index (χ1v) is 11.6. The molecule has 2 atom stereocenters. The molecule has 1 N–H and O–H groups in total. The van der Waals surface area contributed by atoms with Gasteiger partial charge in [0.15, 0.2) is 9.84 Å². The number of hydrogen-bond acceptors (Lipinski definition) is 3. The van der Waals surface area contributed by atoms with Crippen LogP contribution < -0.4 is 0 Å². The van der Waals surface area contributed by atoms with Crippen molar-refractivity contribution >= 4 is 33.0 Å². The summed E-state index contributed by atoms with van der Waals surface area (Å²) in [6, 6.07) is 9.78. The number of allylic oxidation sites excluding steroid dienone is 2. The first-order chi connectivity index (χ1) is 13.6. The van der Waals surface area contributed by atoms with E-state index in [9.17, 15) is 22.7 Å². The lowest BCUT2D eigenvalue weighted by molar-refractivity contribution is -0.137. The molecule has 29 heavy (non-hydrogen) atoms. The largest absolute Gasteiger partial charge is 0.481 e. The van der Waals surface area contributed by atoms with Crippen molar-refractivity contribution in [1.29, 1.82) is 0 Å². The fourth-order valence-electron chi connectivity index (χ4n) is 4.81. The second-order valence-electron chi connectivity index (χ2n) is 7.79. The molecule has 4 nitrogen and oxygen atoms in total. The third kappa shape index (κ3) is 3.71. The zero-order valence-electron chi connectivity index (χ0n) is 15.8. The maximum atomic E-state index is 14.3. The van der Waals surface area contributed by atoms with Gasteiger partial charge in [-0.25, -0.2) is 12.8 Å². The Hall–Kier alpha value is -2.18. The Labute approximate surface area is 173 Å². The van der Waals surface area contributed by atoms with Crippen LogP contribution >= 0.6 is 11.6 Å². The van der Waals surface area contributed by atoms with Crippen molar-refractivity contribution < 1.29 is 22.7 Å². The lowest BCUT2D eigenvalue weighted by Gasteiger charge is -2.23. The normalized spacial score (nSPS) is 20.7. The van der Waals surface area contributed by atoms with Crippen molar-refractivity contribution in [3.8, 4) is 0 Å². The number of hydrogen-bond donors (Lipinski definition) is 1. The van der Waals surface area contributed by atoms with Crippen LogP contribution in [0.5, 0.6) is 0 Å². The molecule has 1 unspecified atom stereocenters. The average Bonchev–Trinajstić information content (AvgIpc) is 3.15. The molecule has 0 amide bonds. The number of carbonyl (C=O) groups is 1. The van der Waals surface area contributed by atoms with E-state index in [1.165, 1.54) is 6.07 Å². The van der Waals surface area contributed by atoms with E-state index in [0.29, 0.717) is 35.4 Å². The standard InChI is InChI=1S/C22H20ClFO4S/c1-29(27,28)19-11-15(24)10-17-16-7-4-13(9-20(25)26)21(16)18(22(17)19)8-12-2-5-14(23)6-3-12/h2-3,5-6,10-11,13,18H,4,7-9H2,1H3,(H,25,26)/t13-,18?/m1/s1. The van der Waals surface area contributed by atoms with Crippen LogP contribution in [0.1, 0.15) is 41.9 Å². The van der Waals surface area contributed by atoms with Gasteiger partial charge in [-0.15, -0.1) is 0 Å². The molecule has 0 heterocycles. The quantitative estimate of drug-likeness (QED) is 0.729. The van der Waals surface area contributed by atoms with E-state index in [2.05, 4.69) is 0 Å². The number of halogens is 2. The van der Waals surface area contributed by atoms with Gasteiger partial charge in [-0.2, -0.15) is 0 Å². The molecule has 2 aliphatic carbocycles. The van der Waals surface area contributed by atoms with E-state index in [4.69, 9.17) is 11.6 Å². The summed E-state index contributed by atoms with van der Waals surface area (Å²) in [7, 11) is -3.66. The number of aliphatic carboxylic acids is 1. The van der Waals surface area contributed by atoms with E-state index in [-0.39, 0.29) is 23.2 Å². The van der Waals surface area contributed by atoms with E-state index < -0.39 is 21.6 Å². The van der Waals surface area contributed by atoms with Gasteiger partial charge >= 0.3 is 5.97 Å². The number of fused-ring (bicyclic) bond motifs is 2. The molecule has 0 saturated heterocycles. The van der Waals surface area contributed by atoms with Gasteiger partial charge in [0.25, 0.3) is 0 Å². The Balaban J connectivity index is 1.89. The van der Waals surface area contributed by atoms with Gasteiger partial charge in [-0.05, 0) is 71.7 Å². The van der Waals surface area contributed by atoms with Gasteiger partial charge < -0.3 is 5.11 Å². The smallest absolute Gasteiger partial charge is 0.303 e. The summed E-state index contributed by atoms with van der Waals surface area (Å²) in [5, 5.41) is 9.95. The summed E-state index contributed by atoms with van der Waals surface area (Å²) in [5.74, 6) is -1.95. The highest BCUT2D eigenvalue weighted by molar-refractivity contribution is 7.90. The van der Waals surface area contributed by atoms with Crippen molar-refractivity contribution in [3.63, 3.8) is 0 Å². The van der Waals surface area contributed by atoms with Crippen LogP contribution in [0.15, 0.2) is 46.9 Å². The zero-order valence-corrected chi connectivity index (χ0v) is 17.4. The van der Waals surface area contributed by atoms with Crippen molar-refractivity contribution in [2.75, 3.05) is 6.26 Å². The van der Waals surface area contributed by atoms with Crippen LogP contribution in [-0.4, -0.2) is 25.7 Å². The molecule has 4 rings (SSSR count). The van der Waals surface area contributed by atoms with Crippen LogP contribution in [0.25, 0.3) is 5.57 Å². The molecule has 2 aromatic carbocycles. The predicted molar refractivity (Wildman–Crippen MR) is 109 cm³/mol. The molecule has 0 aliphatic heterocycles. The summed E-state index contributed by atoms with van der Waals surface area (Å²) in [5.41, 5.74) is 4.04. The first-order valence-electron chi connectivity index (χ1n) is 9.38. The number of rotatable bonds is 5. The minimum atomic E-state index is -3.66.